The smallest absolute Gasteiger partial charge is 0.119 e. The van der Waals surface area contributed by atoms with Gasteiger partial charge in [-0.3, -0.25) is 0 Å². The van der Waals surface area contributed by atoms with Crippen molar-refractivity contribution in [3.63, 3.8) is 0 Å². The van der Waals surface area contributed by atoms with Crippen LogP contribution >= 0.6 is 0 Å². The van der Waals surface area contributed by atoms with Gasteiger partial charge in [-0.1, -0.05) is 66.2 Å². The lowest BCUT2D eigenvalue weighted by molar-refractivity contribution is 0.414. The van der Waals surface area contributed by atoms with Crippen molar-refractivity contribution in [3.05, 3.63) is 204 Å². The number of hydrogen-bond donors (Lipinski definition) is 1. The maximum absolute atomic E-state index is 5.46. The molecule has 1 aliphatic rings. The molecule has 0 unspecified atom stereocenters. The molecule has 0 spiro atoms. The van der Waals surface area contributed by atoms with Crippen LogP contribution in [0.4, 0.5) is 34.1 Å². The molecule has 62 heavy (non-hydrogen) atoms. The molecule has 0 atom stereocenters. The van der Waals surface area contributed by atoms with Crippen LogP contribution in [0.5, 0.6) is 17.2 Å². The van der Waals surface area contributed by atoms with Gasteiger partial charge in [-0.25, -0.2) is 0 Å². The van der Waals surface area contributed by atoms with E-state index in [9.17, 15) is 0 Å². The highest BCUT2D eigenvalue weighted by molar-refractivity contribution is 6.04. The van der Waals surface area contributed by atoms with Crippen molar-refractivity contribution in [2.75, 3.05) is 38.2 Å². The van der Waals surface area contributed by atoms with E-state index in [0.717, 1.165) is 73.8 Å². The summed E-state index contributed by atoms with van der Waals surface area (Å²) in [5, 5.41) is 3.48. The Morgan fingerprint density at radius 3 is 0.968 bits per heavy atom. The van der Waals surface area contributed by atoms with Crippen molar-refractivity contribution >= 4 is 39.7 Å². The third kappa shape index (κ3) is 7.63. The molecular weight excluding hydrogens is 763 g/mol. The normalized spacial score (nSPS) is 12.2. The zero-order valence-corrected chi connectivity index (χ0v) is 35.9. The third-order valence-electron chi connectivity index (χ3n) is 11.8. The van der Waals surface area contributed by atoms with Crippen LogP contribution in [0.15, 0.2) is 188 Å². The molecule has 0 radical (unpaired) electrons. The molecule has 306 valence electrons. The molecule has 9 rings (SSSR count). The molecule has 0 saturated carbocycles. The average Bonchev–Trinajstić information content (AvgIpc) is 3.66. The Hall–Kier alpha value is -7.70. The quantitative estimate of drug-likeness (QED) is 0.133. The van der Waals surface area contributed by atoms with Crippen LogP contribution in [0.2, 0.25) is 0 Å². The maximum atomic E-state index is 5.46. The number of nitrogens with zero attached hydrogens (tertiary/aromatic N) is 2. The summed E-state index contributed by atoms with van der Waals surface area (Å²) < 4.78 is 16.4. The van der Waals surface area contributed by atoms with Gasteiger partial charge >= 0.3 is 0 Å². The second-order valence-corrected chi connectivity index (χ2v) is 15.5. The zero-order valence-electron chi connectivity index (χ0n) is 35.9. The summed E-state index contributed by atoms with van der Waals surface area (Å²) in [5.41, 5.74) is 19.5. The van der Waals surface area contributed by atoms with Gasteiger partial charge in [-0.05, 0) is 180 Å². The maximum Gasteiger partial charge on any atom is 0.119 e. The van der Waals surface area contributed by atoms with Crippen LogP contribution in [0.3, 0.4) is 0 Å². The van der Waals surface area contributed by atoms with E-state index in [1.807, 2.05) is 43.4 Å². The van der Waals surface area contributed by atoms with Crippen molar-refractivity contribution in [1.29, 1.82) is 0 Å². The summed E-state index contributed by atoms with van der Waals surface area (Å²) in [4.78, 5) is 4.52. The Balaban J connectivity index is 1.02. The zero-order chi connectivity index (χ0) is 42.7. The third-order valence-corrected chi connectivity index (χ3v) is 11.8. The van der Waals surface area contributed by atoms with E-state index in [0.29, 0.717) is 0 Å². The fraction of sp³-hybridized carbons (Fsp3) is 0.107. The van der Waals surface area contributed by atoms with E-state index < -0.39 is 0 Å². The number of benzene rings is 8. The fourth-order valence-corrected chi connectivity index (χ4v) is 8.39. The summed E-state index contributed by atoms with van der Waals surface area (Å²) in [6.45, 7) is 4.29. The summed E-state index contributed by atoms with van der Waals surface area (Å²) in [6, 6.07) is 64.6. The molecule has 8 aromatic carbocycles. The van der Waals surface area contributed by atoms with Gasteiger partial charge in [0.15, 0.2) is 0 Å². The van der Waals surface area contributed by atoms with Gasteiger partial charge in [-0.2, -0.15) is 0 Å². The molecule has 0 aliphatic heterocycles. The van der Waals surface area contributed by atoms with Crippen molar-refractivity contribution < 1.29 is 14.2 Å². The number of rotatable bonds is 12. The van der Waals surface area contributed by atoms with E-state index in [4.69, 9.17) is 14.2 Å². The fourth-order valence-electron chi connectivity index (χ4n) is 8.39. The lowest BCUT2D eigenvalue weighted by atomic mass is 9.96. The van der Waals surface area contributed by atoms with Crippen LogP contribution in [0.1, 0.15) is 23.6 Å². The predicted octanol–water partition coefficient (Wildman–Crippen LogP) is 14.3. The highest BCUT2D eigenvalue weighted by Crippen LogP contribution is 2.48. The molecule has 0 amide bonds. The summed E-state index contributed by atoms with van der Waals surface area (Å²) in [6.07, 6.45) is 0. The molecule has 0 fully saturated rings. The molecule has 0 saturated heterocycles. The molecule has 0 aromatic heterocycles. The Kier molecular flexibility index (Phi) is 11.0. The molecular formula is C56H49N3O3. The first-order valence-corrected chi connectivity index (χ1v) is 20.8. The van der Waals surface area contributed by atoms with Crippen molar-refractivity contribution in [1.82, 2.24) is 5.32 Å². The number of nitrogens with one attached hydrogen (secondary N) is 1. The molecule has 6 nitrogen and oxygen atoms in total. The van der Waals surface area contributed by atoms with Crippen molar-refractivity contribution in [3.8, 4) is 50.6 Å². The van der Waals surface area contributed by atoms with E-state index in [2.05, 4.69) is 175 Å². The first-order valence-electron chi connectivity index (χ1n) is 20.8. The van der Waals surface area contributed by atoms with Gasteiger partial charge in [0.1, 0.15) is 17.2 Å². The van der Waals surface area contributed by atoms with Gasteiger partial charge in [0.25, 0.3) is 0 Å². The first kappa shape index (κ1) is 39.7. The predicted molar refractivity (Wildman–Crippen MR) is 257 cm³/mol. The van der Waals surface area contributed by atoms with Gasteiger partial charge < -0.3 is 29.3 Å². The topological polar surface area (TPSA) is 46.2 Å². The van der Waals surface area contributed by atoms with Crippen LogP contribution in [-0.2, 0) is 0 Å². The SMILES string of the molecule is CN/C(C)=C1/c2cc(-c3ccc(N(c4ccc(C)cc4)c4ccc(OC)cc4)cc3)ccc2-c2ccc(-c3ccc(N(c4ccc(OC)cc4)c4ccc(OC)cc4)cc3)cc21. The lowest BCUT2D eigenvalue weighted by Gasteiger charge is -2.26. The Morgan fingerprint density at radius 2 is 0.661 bits per heavy atom. The van der Waals surface area contributed by atoms with E-state index in [1.54, 1.807) is 21.3 Å². The van der Waals surface area contributed by atoms with E-state index in [-0.39, 0.29) is 0 Å². The molecule has 8 aromatic rings. The number of anilines is 6. The summed E-state index contributed by atoms with van der Waals surface area (Å²) >= 11 is 0. The average molecular weight is 812 g/mol. The highest BCUT2D eigenvalue weighted by Gasteiger charge is 2.26. The number of aryl methyl sites for hydroxylation is 1. The lowest BCUT2D eigenvalue weighted by Crippen LogP contribution is -2.09. The first-order chi connectivity index (χ1) is 30.3. The monoisotopic (exact) mass is 811 g/mol. The molecule has 6 heteroatoms. The number of allylic oxidation sites excluding steroid dienone is 1. The number of hydrogen-bond acceptors (Lipinski definition) is 6. The molecule has 1 aliphatic carbocycles. The molecule has 1 N–H and O–H groups in total. The van der Waals surface area contributed by atoms with Crippen LogP contribution in [0, 0.1) is 6.92 Å². The highest BCUT2D eigenvalue weighted by atomic mass is 16.5. The Bertz CT molecular complexity index is 2820. The second kappa shape index (κ2) is 17.1. The largest absolute Gasteiger partial charge is 0.497 e. The minimum Gasteiger partial charge on any atom is -0.497 e. The summed E-state index contributed by atoms with van der Waals surface area (Å²) in [5.74, 6) is 2.46. The Labute approximate surface area is 364 Å². The van der Waals surface area contributed by atoms with Crippen LogP contribution in [0.25, 0.3) is 39.0 Å². The minimum absolute atomic E-state index is 0.816. The van der Waals surface area contributed by atoms with Crippen LogP contribution in [-0.4, -0.2) is 28.4 Å². The van der Waals surface area contributed by atoms with E-state index in [1.165, 1.54) is 39.0 Å². The van der Waals surface area contributed by atoms with Crippen LogP contribution < -0.4 is 29.3 Å². The van der Waals surface area contributed by atoms with Gasteiger partial charge in [0, 0.05) is 52.4 Å². The van der Waals surface area contributed by atoms with Crippen molar-refractivity contribution in [2.24, 2.45) is 0 Å². The number of methoxy groups -OCH3 is 3. The molecule has 0 heterocycles. The van der Waals surface area contributed by atoms with Crippen molar-refractivity contribution in [2.45, 2.75) is 13.8 Å². The van der Waals surface area contributed by atoms with Gasteiger partial charge in [-0.15, -0.1) is 0 Å². The second-order valence-electron chi connectivity index (χ2n) is 15.5. The van der Waals surface area contributed by atoms with Gasteiger partial charge in [0.2, 0.25) is 0 Å². The Morgan fingerprint density at radius 1 is 0.371 bits per heavy atom. The summed E-state index contributed by atoms with van der Waals surface area (Å²) in [7, 11) is 7.08. The number of ether oxygens (including phenoxy) is 3. The van der Waals surface area contributed by atoms with Gasteiger partial charge in [0.05, 0.1) is 21.3 Å². The number of fused-ring (bicyclic) bond motifs is 3. The molecule has 0 bridgehead atoms. The minimum atomic E-state index is 0.816. The standard InChI is InChI=1S/C56H49N3O3/c1-37-7-15-43(16-8-37)58(46-21-27-49(60-4)28-22-46)44-17-9-39(10-18-44)41-13-33-52-53-34-14-42(36-55(53)56(38(2)57-3)54(52)35-41)40-11-19-45(20-12-40)59(47-23-29-50(61-5)30-24-47)48-25-31-51(62-6)32-26-48/h7-36,57H,1-6H3/b56-38-. The van der Waals surface area contributed by atoms with E-state index >= 15 is 0 Å².